The minimum Gasteiger partial charge on any atom is -0.466 e. The van der Waals surface area contributed by atoms with Gasteiger partial charge in [-0.05, 0) is 37.7 Å². The van der Waals surface area contributed by atoms with Gasteiger partial charge in [0, 0.05) is 19.0 Å². The molecule has 1 aromatic rings. The van der Waals surface area contributed by atoms with Crippen molar-refractivity contribution in [3.05, 3.63) is 35.9 Å². The monoisotopic (exact) mass is 305 g/mol. The second kappa shape index (κ2) is 8.91. The van der Waals surface area contributed by atoms with Crippen molar-refractivity contribution < 1.29 is 14.4 Å². The summed E-state index contributed by atoms with van der Waals surface area (Å²) in [5, 5.41) is 2.11. The van der Waals surface area contributed by atoms with Crippen LogP contribution in [0.1, 0.15) is 45.1 Å². The molecule has 0 amide bonds. The molecule has 4 nitrogen and oxygen atoms in total. The zero-order valence-corrected chi connectivity index (χ0v) is 13.7. The van der Waals surface area contributed by atoms with Crippen LogP contribution in [0.15, 0.2) is 30.3 Å². The number of hydroxylamine groups is 2. The van der Waals surface area contributed by atoms with Crippen molar-refractivity contribution in [2.24, 2.45) is 5.92 Å². The quantitative estimate of drug-likeness (QED) is 0.688. The highest BCUT2D eigenvalue weighted by atomic mass is 16.7. The van der Waals surface area contributed by atoms with Crippen molar-refractivity contribution in [2.75, 3.05) is 13.2 Å². The van der Waals surface area contributed by atoms with Crippen LogP contribution in [0.2, 0.25) is 0 Å². The van der Waals surface area contributed by atoms with Crippen molar-refractivity contribution in [3.63, 3.8) is 0 Å². The maximum Gasteiger partial charge on any atom is 0.305 e. The smallest absolute Gasteiger partial charge is 0.305 e. The molecule has 22 heavy (non-hydrogen) atoms. The molecule has 0 aromatic heterocycles. The molecule has 1 heterocycles. The van der Waals surface area contributed by atoms with Gasteiger partial charge < -0.3 is 4.74 Å². The van der Waals surface area contributed by atoms with Crippen LogP contribution in [-0.4, -0.2) is 30.2 Å². The van der Waals surface area contributed by atoms with Crippen LogP contribution in [-0.2, 0) is 21.0 Å². The van der Waals surface area contributed by atoms with E-state index in [1.165, 1.54) is 5.56 Å². The summed E-state index contributed by atoms with van der Waals surface area (Å²) >= 11 is 0. The van der Waals surface area contributed by atoms with Crippen LogP contribution in [0.5, 0.6) is 0 Å². The van der Waals surface area contributed by atoms with Gasteiger partial charge >= 0.3 is 5.97 Å². The predicted octanol–water partition coefficient (Wildman–Crippen LogP) is 3.56. The molecule has 0 bridgehead atoms. The molecule has 1 fully saturated rings. The second-order valence-electron chi connectivity index (χ2n) is 5.93. The van der Waals surface area contributed by atoms with E-state index in [9.17, 15) is 4.79 Å². The summed E-state index contributed by atoms with van der Waals surface area (Å²) in [6.07, 6.45) is 3.65. The highest BCUT2D eigenvalue weighted by Crippen LogP contribution is 2.27. The van der Waals surface area contributed by atoms with Gasteiger partial charge in [-0.3, -0.25) is 9.63 Å². The number of hydrogen-bond acceptors (Lipinski definition) is 4. The molecule has 0 N–H and O–H groups in total. The standard InChI is InChI=1S/C18H27NO3/c1-3-21-18(20)12-11-15(2)17-10-7-13-19(17)22-14-16-8-5-4-6-9-16/h4-6,8-9,15,17H,3,7,10-14H2,1-2H3/t15-,17-/m0/s1. The van der Waals surface area contributed by atoms with Crippen molar-refractivity contribution in [1.29, 1.82) is 0 Å². The molecule has 0 unspecified atom stereocenters. The Morgan fingerprint density at radius 2 is 2.14 bits per heavy atom. The molecular weight excluding hydrogens is 278 g/mol. The van der Waals surface area contributed by atoms with Gasteiger partial charge in [-0.25, -0.2) is 0 Å². The second-order valence-corrected chi connectivity index (χ2v) is 5.93. The highest BCUT2D eigenvalue weighted by molar-refractivity contribution is 5.69. The van der Waals surface area contributed by atoms with Crippen molar-refractivity contribution in [1.82, 2.24) is 5.06 Å². The molecule has 122 valence electrons. The number of carbonyl (C=O) groups is 1. The number of nitrogens with zero attached hydrogens (tertiary/aromatic N) is 1. The summed E-state index contributed by atoms with van der Waals surface area (Å²) < 4.78 is 5.00. The fourth-order valence-corrected chi connectivity index (χ4v) is 3.00. The molecule has 2 rings (SSSR count). The largest absolute Gasteiger partial charge is 0.466 e. The third-order valence-corrected chi connectivity index (χ3v) is 4.25. The van der Waals surface area contributed by atoms with E-state index in [0.29, 0.717) is 31.6 Å². The third-order valence-electron chi connectivity index (χ3n) is 4.25. The molecule has 0 spiro atoms. The Morgan fingerprint density at radius 3 is 2.86 bits per heavy atom. The van der Waals surface area contributed by atoms with Crippen LogP contribution in [0.25, 0.3) is 0 Å². The Morgan fingerprint density at radius 1 is 1.36 bits per heavy atom. The van der Waals surface area contributed by atoms with Gasteiger partial charge in [-0.15, -0.1) is 0 Å². The van der Waals surface area contributed by atoms with E-state index in [2.05, 4.69) is 24.1 Å². The molecule has 1 saturated heterocycles. The van der Waals surface area contributed by atoms with Crippen molar-refractivity contribution in [2.45, 2.75) is 52.2 Å². The van der Waals surface area contributed by atoms with Gasteiger partial charge in [0.05, 0.1) is 13.2 Å². The van der Waals surface area contributed by atoms with Crippen LogP contribution >= 0.6 is 0 Å². The number of carbonyl (C=O) groups excluding carboxylic acids is 1. The van der Waals surface area contributed by atoms with Crippen LogP contribution < -0.4 is 0 Å². The van der Waals surface area contributed by atoms with Crippen molar-refractivity contribution >= 4 is 5.97 Å². The molecule has 1 aliphatic heterocycles. The fraction of sp³-hybridized carbons (Fsp3) is 0.611. The normalized spacial score (nSPS) is 20.0. The number of rotatable bonds is 8. The first-order chi connectivity index (χ1) is 10.7. The minimum absolute atomic E-state index is 0.0934. The van der Waals surface area contributed by atoms with E-state index in [0.717, 1.165) is 25.8 Å². The molecule has 0 radical (unpaired) electrons. The van der Waals surface area contributed by atoms with Gasteiger partial charge in [0.1, 0.15) is 0 Å². The highest BCUT2D eigenvalue weighted by Gasteiger charge is 2.30. The average Bonchev–Trinajstić information content (AvgIpc) is 3.00. The minimum atomic E-state index is -0.0934. The zero-order chi connectivity index (χ0) is 15.8. The van der Waals surface area contributed by atoms with Gasteiger partial charge in [-0.2, -0.15) is 5.06 Å². The summed E-state index contributed by atoms with van der Waals surface area (Å²) in [7, 11) is 0. The van der Waals surface area contributed by atoms with Crippen LogP contribution in [0.4, 0.5) is 0 Å². The maximum atomic E-state index is 11.5. The lowest BCUT2D eigenvalue weighted by Gasteiger charge is -2.28. The molecule has 4 heteroatoms. The fourth-order valence-electron chi connectivity index (χ4n) is 3.00. The van der Waals surface area contributed by atoms with Crippen LogP contribution in [0, 0.1) is 5.92 Å². The SMILES string of the molecule is CCOC(=O)CC[C@H](C)[C@@H]1CCCN1OCc1ccccc1. The first kappa shape index (κ1) is 17.0. The average molecular weight is 305 g/mol. The predicted molar refractivity (Wildman–Crippen MR) is 86.0 cm³/mol. The first-order valence-corrected chi connectivity index (χ1v) is 8.29. The number of hydrogen-bond donors (Lipinski definition) is 0. The Hall–Kier alpha value is -1.39. The number of esters is 1. The van der Waals surface area contributed by atoms with E-state index in [1.807, 2.05) is 25.1 Å². The van der Waals surface area contributed by atoms with E-state index in [-0.39, 0.29) is 5.97 Å². The summed E-state index contributed by atoms with van der Waals surface area (Å²) in [5.41, 5.74) is 1.19. The zero-order valence-electron chi connectivity index (χ0n) is 13.7. The van der Waals surface area contributed by atoms with E-state index < -0.39 is 0 Å². The van der Waals surface area contributed by atoms with Gasteiger partial charge in [0.15, 0.2) is 0 Å². The molecular formula is C18H27NO3. The lowest BCUT2D eigenvalue weighted by molar-refractivity contribution is -0.188. The topological polar surface area (TPSA) is 38.8 Å². The summed E-state index contributed by atoms with van der Waals surface area (Å²) in [6, 6.07) is 10.6. The number of ether oxygens (including phenoxy) is 1. The molecule has 1 aliphatic rings. The van der Waals surface area contributed by atoms with E-state index in [4.69, 9.17) is 9.57 Å². The Labute approximate surface area is 133 Å². The summed E-state index contributed by atoms with van der Waals surface area (Å²) in [4.78, 5) is 17.5. The number of benzene rings is 1. The van der Waals surface area contributed by atoms with E-state index in [1.54, 1.807) is 0 Å². The molecule has 1 aromatic carbocycles. The summed E-state index contributed by atoms with van der Waals surface area (Å²) in [5.74, 6) is 0.340. The lowest BCUT2D eigenvalue weighted by atomic mass is 9.95. The van der Waals surface area contributed by atoms with Crippen LogP contribution in [0.3, 0.4) is 0 Å². The van der Waals surface area contributed by atoms with Gasteiger partial charge in [-0.1, -0.05) is 37.3 Å². The lowest BCUT2D eigenvalue weighted by Crippen LogP contribution is -2.34. The van der Waals surface area contributed by atoms with Gasteiger partial charge in [0.25, 0.3) is 0 Å². The Bertz CT molecular complexity index is 449. The first-order valence-electron chi connectivity index (χ1n) is 8.29. The Balaban J connectivity index is 1.78. The third kappa shape index (κ3) is 5.11. The molecule has 2 atom stereocenters. The molecule has 0 aliphatic carbocycles. The Kier molecular flexibility index (Phi) is 6.87. The van der Waals surface area contributed by atoms with E-state index >= 15 is 0 Å². The van der Waals surface area contributed by atoms with Crippen molar-refractivity contribution in [3.8, 4) is 0 Å². The maximum absolute atomic E-state index is 11.5. The summed E-state index contributed by atoms with van der Waals surface area (Å²) in [6.45, 7) is 6.09. The van der Waals surface area contributed by atoms with Gasteiger partial charge in [0.2, 0.25) is 0 Å². The molecule has 0 saturated carbocycles.